The van der Waals surface area contributed by atoms with Crippen molar-refractivity contribution < 1.29 is 32.4 Å². The lowest BCUT2D eigenvalue weighted by Crippen LogP contribution is -2.29. The van der Waals surface area contributed by atoms with E-state index in [1.54, 1.807) is 24.3 Å². The summed E-state index contributed by atoms with van der Waals surface area (Å²) in [5.74, 6) is -1.58. The average molecular weight is 471 g/mol. The Kier molecular flexibility index (Phi) is 6.22. The van der Waals surface area contributed by atoms with Crippen molar-refractivity contribution in [2.75, 3.05) is 11.6 Å². The lowest BCUT2D eigenvalue weighted by atomic mass is 10.1. The second-order valence-corrected chi connectivity index (χ2v) is 7.03. The summed E-state index contributed by atoms with van der Waals surface area (Å²) in [4.78, 5) is 17.0. The van der Waals surface area contributed by atoms with Crippen LogP contribution in [0.25, 0.3) is 17.0 Å². The molecule has 9 nitrogen and oxygen atoms in total. The number of hydrazine groups is 1. The number of carbonyl (C=O) groups excluding carboxylic acids is 1. The highest BCUT2D eigenvalue weighted by Gasteiger charge is 2.43. The fourth-order valence-corrected chi connectivity index (χ4v) is 3.21. The van der Waals surface area contributed by atoms with Crippen molar-refractivity contribution in [1.29, 1.82) is 5.26 Å². The van der Waals surface area contributed by atoms with Gasteiger partial charge in [-0.25, -0.2) is 5.01 Å². The molecule has 0 aliphatic carbocycles. The molecule has 0 saturated heterocycles. The summed E-state index contributed by atoms with van der Waals surface area (Å²) in [7, 11) is 0. The second kappa shape index (κ2) is 9.26. The van der Waals surface area contributed by atoms with Gasteiger partial charge in [0.1, 0.15) is 17.8 Å². The summed E-state index contributed by atoms with van der Waals surface area (Å²) in [5.41, 5.74) is 1.94. The Morgan fingerprint density at radius 2 is 1.91 bits per heavy atom. The third-order valence-electron chi connectivity index (χ3n) is 4.82. The van der Waals surface area contributed by atoms with E-state index in [0.29, 0.717) is 5.69 Å². The van der Waals surface area contributed by atoms with E-state index in [9.17, 15) is 23.1 Å². The monoisotopic (exact) mass is 471 g/mol. The Morgan fingerprint density at radius 1 is 1.21 bits per heavy atom. The highest BCUT2D eigenvalue weighted by molar-refractivity contribution is 5.82. The Morgan fingerprint density at radius 3 is 2.56 bits per heavy atom. The van der Waals surface area contributed by atoms with Gasteiger partial charge >= 0.3 is 6.18 Å². The van der Waals surface area contributed by atoms with Gasteiger partial charge in [-0.1, -0.05) is 53.2 Å². The molecule has 34 heavy (non-hydrogen) atoms. The summed E-state index contributed by atoms with van der Waals surface area (Å²) in [5, 5.41) is 25.7. The quantitative estimate of drug-likeness (QED) is 0.468. The first kappa shape index (κ1) is 22.8. The third-order valence-corrected chi connectivity index (χ3v) is 4.82. The Bertz CT molecular complexity index is 1250. The number of aromatic nitrogens is 1. The van der Waals surface area contributed by atoms with Gasteiger partial charge in [-0.15, -0.1) is 0 Å². The van der Waals surface area contributed by atoms with Crippen molar-refractivity contribution in [3.8, 4) is 17.3 Å². The molecular weight excluding hydrogens is 455 g/mol. The zero-order valence-corrected chi connectivity index (χ0v) is 17.2. The molecule has 3 aromatic rings. The molecule has 2 aromatic carbocycles. The van der Waals surface area contributed by atoms with E-state index in [4.69, 9.17) is 14.6 Å². The minimum Gasteiger partial charge on any atom is -0.383 e. The van der Waals surface area contributed by atoms with Crippen molar-refractivity contribution in [2.24, 2.45) is 0 Å². The number of hydrogen-bond donors (Lipinski definition) is 3. The van der Waals surface area contributed by atoms with Crippen molar-refractivity contribution >= 4 is 17.4 Å². The average Bonchev–Trinajstić information content (AvgIpc) is 3.50. The topological polar surface area (TPSA) is 124 Å². The second-order valence-electron chi connectivity index (χ2n) is 7.03. The number of nitriles is 1. The smallest absolute Gasteiger partial charge is 0.383 e. The van der Waals surface area contributed by atoms with Crippen LogP contribution in [-0.4, -0.2) is 22.7 Å². The van der Waals surface area contributed by atoms with Crippen molar-refractivity contribution in [1.82, 2.24) is 16.1 Å². The zero-order valence-electron chi connectivity index (χ0n) is 17.2. The number of benzene rings is 2. The number of aliphatic hydroxyl groups excluding tert-OH is 1. The number of halogens is 3. The standard InChI is InChI=1S/C22H16F3N5O4/c23-22(24,25)17-18(13-4-2-1-3-5-13)28-34-20(17)16-12-30(29-33-16)15-8-6-14(7-9-15)19(31)21(32)27-11-10-26/h1-9,12,19,29,31H,11H2,(H,27,32). The molecule has 1 unspecified atom stereocenters. The number of nitrogens with zero attached hydrogens (tertiary/aromatic N) is 3. The molecule has 1 aliphatic heterocycles. The van der Waals surface area contributed by atoms with Crippen LogP contribution in [0.5, 0.6) is 0 Å². The number of anilines is 1. The maximum Gasteiger partial charge on any atom is 0.422 e. The van der Waals surface area contributed by atoms with Crippen molar-refractivity contribution in [3.63, 3.8) is 0 Å². The summed E-state index contributed by atoms with van der Waals surface area (Å²) in [6.45, 7) is -0.246. The molecule has 12 heteroatoms. The minimum atomic E-state index is -4.76. The zero-order chi connectivity index (χ0) is 24.3. The summed E-state index contributed by atoms with van der Waals surface area (Å²) in [6, 6.07) is 15.5. The molecular formula is C22H16F3N5O4. The summed E-state index contributed by atoms with van der Waals surface area (Å²) in [6.07, 6.45) is -5.01. The van der Waals surface area contributed by atoms with Crippen LogP contribution in [0.4, 0.5) is 18.9 Å². The predicted molar refractivity (Wildman–Crippen MR) is 112 cm³/mol. The molecule has 0 spiro atoms. The molecule has 1 atom stereocenters. The molecule has 0 saturated carbocycles. The molecule has 3 N–H and O–H groups in total. The van der Waals surface area contributed by atoms with Crippen LogP contribution in [0.3, 0.4) is 0 Å². The fraction of sp³-hybridized carbons (Fsp3) is 0.136. The summed E-state index contributed by atoms with van der Waals surface area (Å²) < 4.78 is 46.6. The lowest BCUT2D eigenvalue weighted by molar-refractivity contribution is -0.138. The number of hydrogen-bond acceptors (Lipinski definition) is 8. The molecule has 1 aromatic heterocycles. The van der Waals surface area contributed by atoms with Gasteiger partial charge < -0.3 is 19.8 Å². The van der Waals surface area contributed by atoms with Crippen LogP contribution in [0.15, 0.2) is 65.3 Å². The molecule has 4 rings (SSSR count). The maximum atomic E-state index is 13.9. The van der Waals surface area contributed by atoms with E-state index in [2.05, 4.69) is 16.1 Å². The van der Waals surface area contributed by atoms with Crippen molar-refractivity contribution in [3.05, 3.63) is 77.7 Å². The van der Waals surface area contributed by atoms with Crippen LogP contribution in [0, 0.1) is 11.3 Å². The highest BCUT2D eigenvalue weighted by Crippen LogP contribution is 2.42. The number of rotatable bonds is 6. The van der Waals surface area contributed by atoms with E-state index >= 15 is 0 Å². The van der Waals surface area contributed by atoms with Gasteiger partial charge in [-0.2, -0.15) is 18.4 Å². The maximum absolute atomic E-state index is 13.9. The minimum absolute atomic E-state index is 0.237. The molecule has 174 valence electrons. The number of aliphatic hydroxyl groups is 1. The molecule has 2 heterocycles. The molecule has 0 bridgehead atoms. The Labute approximate surface area is 190 Å². The predicted octanol–water partition coefficient (Wildman–Crippen LogP) is 3.29. The molecule has 0 fully saturated rings. The van der Waals surface area contributed by atoms with Crippen molar-refractivity contribution in [2.45, 2.75) is 12.3 Å². The first-order valence-electron chi connectivity index (χ1n) is 9.78. The number of nitrogens with one attached hydrogen (secondary N) is 2. The van der Waals surface area contributed by atoms with E-state index in [-0.39, 0.29) is 29.1 Å². The molecule has 0 radical (unpaired) electrons. The first-order chi connectivity index (χ1) is 16.3. The Hall–Kier alpha value is -4.34. The number of carbonyl (C=O) groups is 1. The van der Waals surface area contributed by atoms with Gasteiger partial charge in [0.2, 0.25) is 11.5 Å². The van der Waals surface area contributed by atoms with Gasteiger partial charge in [0.25, 0.3) is 5.91 Å². The lowest BCUT2D eigenvalue weighted by Gasteiger charge is -2.15. The number of alkyl halides is 3. The van der Waals surface area contributed by atoms with Gasteiger partial charge in [-0.05, 0) is 17.7 Å². The van der Waals surface area contributed by atoms with Gasteiger partial charge in [0, 0.05) is 5.56 Å². The normalized spacial score (nSPS) is 14.2. The Balaban J connectivity index is 1.58. The van der Waals surface area contributed by atoms with Gasteiger partial charge in [0.05, 0.1) is 18.0 Å². The van der Waals surface area contributed by atoms with Crippen LogP contribution in [0.1, 0.15) is 23.0 Å². The van der Waals surface area contributed by atoms with E-state index < -0.39 is 29.5 Å². The van der Waals surface area contributed by atoms with Gasteiger partial charge in [-0.3, -0.25) is 4.79 Å². The van der Waals surface area contributed by atoms with Crippen LogP contribution in [-0.2, 0) is 15.8 Å². The van der Waals surface area contributed by atoms with Crippen LogP contribution in [0.2, 0.25) is 0 Å². The van der Waals surface area contributed by atoms with Crippen LogP contribution < -0.4 is 15.9 Å². The largest absolute Gasteiger partial charge is 0.422 e. The SMILES string of the molecule is N#CCNC(=O)C(O)c1ccc(N2C=C(c3onc(-c4ccccc4)c3C(F)(F)F)ON2)cc1. The first-order valence-corrected chi connectivity index (χ1v) is 9.78. The van der Waals surface area contributed by atoms with E-state index in [0.717, 1.165) is 0 Å². The third kappa shape index (κ3) is 4.56. The summed E-state index contributed by atoms with van der Waals surface area (Å²) >= 11 is 0. The molecule has 1 amide bonds. The van der Waals surface area contributed by atoms with E-state index in [1.807, 2.05) is 0 Å². The van der Waals surface area contributed by atoms with Crippen LogP contribution >= 0.6 is 0 Å². The van der Waals surface area contributed by atoms with Gasteiger partial charge in [0.15, 0.2) is 6.10 Å². The molecule has 1 aliphatic rings. The fourth-order valence-electron chi connectivity index (χ4n) is 3.21. The highest BCUT2D eigenvalue weighted by atomic mass is 19.4. The van der Waals surface area contributed by atoms with E-state index in [1.165, 1.54) is 47.6 Å². The number of amides is 1.